The second kappa shape index (κ2) is 7.82. The van der Waals surface area contributed by atoms with Crippen molar-refractivity contribution in [2.75, 3.05) is 0 Å². The van der Waals surface area contributed by atoms with Gasteiger partial charge < -0.3 is 4.42 Å². The Morgan fingerprint density at radius 1 is 0.759 bits per heavy atom. The van der Waals surface area contributed by atoms with E-state index in [0.717, 1.165) is 0 Å². The van der Waals surface area contributed by atoms with Crippen LogP contribution in [-0.2, 0) is 0 Å². The predicted octanol–water partition coefficient (Wildman–Crippen LogP) is 5.42. The lowest BCUT2D eigenvalue weighted by atomic mass is 9.99. The van der Waals surface area contributed by atoms with Gasteiger partial charge in [0.1, 0.15) is 5.76 Å². The molecule has 0 aliphatic rings. The monoisotopic (exact) mass is 385 g/mol. The summed E-state index contributed by atoms with van der Waals surface area (Å²) in [6.45, 7) is 0. The average Bonchev–Trinajstić information content (AvgIpc) is 3.13. The molecule has 0 aliphatic carbocycles. The minimum atomic E-state index is -0.937. The fourth-order valence-corrected chi connectivity index (χ4v) is 3.09. The fourth-order valence-electron chi connectivity index (χ4n) is 3.09. The van der Waals surface area contributed by atoms with Crippen LogP contribution >= 0.6 is 0 Å². The van der Waals surface area contributed by atoms with Crippen LogP contribution in [0.2, 0.25) is 0 Å². The van der Waals surface area contributed by atoms with Gasteiger partial charge in [-0.25, -0.2) is 0 Å². The number of hydrogen-bond donors (Lipinski definition) is 0. The molecule has 6 heteroatoms. The van der Waals surface area contributed by atoms with Crippen LogP contribution in [0.3, 0.4) is 0 Å². The van der Waals surface area contributed by atoms with Gasteiger partial charge in [0.15, 0.2) is 17.3 Å². The van der Waals surface area contributed by atoms with Crippen LogP contribution in [-0.4, -0.2) is 10.9 Å². The van der Waals surface area contributed by atoms with Crippen LogP contribution in [0.1, 0.15) is 15.9 Å². The maximum atomic E-state index is 13.3. The van der Waals surface area contributed by atoms with Crippen LogP contribution in [0.15, 0.2) is 95.4 Å². The molecule has 0 radical (unpaired) electrons. The number of nitrogens with zero attached hydrogens (tertiary/aromatic N) is 1. The Hall–Kier alpha value is -4.19. The Balaban J connectivity index is 2.01. The lowest BCUT2D eigenvalue weighted by molar-refractivity contribution is -0.711. The largest absolute Gasteiger partial charge is 0.453 e. The van der Waals surface area contributed by atoms with Crippen LogP contribution in [0.25, 0.3) is 22.6 Å². The van der Waals surface area contributed by atoms with E-state index in [4.69, 9.17) is 9.25 Å². The van der Waals surface area contributed by atoms with Gasteiger partial charge in [0.2, 0.25) is 0 Å². The van der Waals surface area contributed by atoms with E-state index in [0.29, 0.717) is 16.7 Å². The summed E-state index contributed by atoms with van der Waals surface area (Å²) in [5.41, 5.74) is 1.56. The van der Waals surface area contributed by atoms with Gasteiger partial charge in [-0.1, -0.05) is 91.0 Å². The molecule has 4 rings (SSSR count). The van der Waals surface area contributed by atoms with Gasteiger partial charge in [0.25, 0.3) is 5.09 Å². The van der Waals surface area contributed by atoms with Crippen molar-refractivity contribution in [2.45, 2.75) is 0 Å². The summed E-state index contributed by atoms with van der Waals surface area (Å²) >= 11 is 0. The number of hydrogen-bond acceptors (Lipinski definition) is 5. The molecular formula is C23H15NO5. The predicted molar refractivity (Wildman–Crippen MR) is 107 cm³/mol. The summed E-state index contributed by atoms with van der Waals surface area (Å²) < 4.78 is 6.01. The van der Waals surface area contributed by atoms with E-state index in [1.807, 2.05) is 12.1 Å². The first kappa shape index (κ1) is 18.2. The standard InChI is InChI=1S/C23H15NO5/c25-20(16-10-4-1-5-11-16)19-21(17-12-6-2-7-13-17)28-22(23(19)29-24(26)27)18-14-8-3-9-15-18/h1-15H. The number of furan rings is 1. The summed E-state index contributed by atoms with van der Waals surface area (Å²) in [6.07, 6.45) is 0. The zero-order chi connectivity index (χ0) is 20.2. The molecule has 0 unspecified atom stereocenters. The number of ketones is 1. The quantitative estimate of drug-likeness (QED) is 0.252. The van der Waals surface area contributed by atoms with Crippen molar-refractivity contribution in [3.8, 4) is 28.4 Å². The smallest absolute Gasteiger partial charge is 0.299 e. The molecule has 0 spiro atoms. The van der Waals surface area contributed by atoms with Crippen molar-refractivity contribution < 1.29 is 19.1 Å². The molecule has 0 fully saturated rings. The van der Waals surface area contributed by atoms with Crippen molar-refractivity contribution >= 4 is 5.78 Å². The van der Waals surface area contributed by atoms with E-state index < -0.39 is 10.9 Å². The van der Waals surface area contributed by atoms with Crippen molar-refractivity contribution in [2.24, 2.45) is 0 Å². The highest BCUT2D eigenvalue weighted by atomic mass is 17.0. The highest BCUT2D eigenvalue weighted by Gasteiger charge is 2.30. The Kier molecular flexibility index (Phi) is 4.90. The zero-order valence-corrected chi connectivity index (χ0v) is 15.1. The summed E-state index contributed by atoms with van der Waals surface area (Å²) in [6, 6.07) is 26.3. The molecule has 0 N–H and O–H groups in total. The summed E-state index contributed by atoms with van der Waals surface area (Å²) in [4.78, 5) is 29.4. The van der Waals surface area contributed by atoms with Crippen LogP contribution in [0, 0.1) is 10.1 Å². The lowest BCUT2D eigenvalue weighted by Crippen LogP contribution is -2.09. The average molecular weight is 385 g/mol. The number of carbonyl (C=O) groups excluding carboxylic acids is 1. The number of rotatable bonds is 6. The van der Waals surface area contributed by atoms with Crippen LogP contribution in [0.5, 0.6) is 5.75 Å². The van der Waals surface area contributed by atoms with Gasteiger partial charge in [-0.15, -0.1) is 10.1 Å². The van der Waals surface area contributed by atoms with Crippen molar-refractivity contribution in [1.29, 1.82) is 0 Å². The highest BCUT2D eigenvalue weighted by Crippen LogP contribution is 2.43. The first-order chi connectivity index (χ1) is 14.1. The minimum Gasteiger partial charge on any atom is -0.453 e. The Morgan fingerprint density at radius 3 is 1.76 bits per heavy atom. The third kappa shape index (κ3) is 3.64. The summed E-state index contributed by atoms with van der Waals surface area (Å²) in [5, 5.41) is 10.3. The molecule has 4 aromatic rings. The Bertz CT molecular complexity index is 1150. The SMILES string of the molecule is O=C(c1ccccc1)c1c(-c2ccccc2)oc(-c2ccccc2)c1O[N+](=O)[O-]. The Labute approximate surface area is 166 Å². The third-order valence-electron chi connectivity index (χ3n) is 4.37. The van der Waals surface area contributed by atoms with Crippen molar-refractivity contribution in [3.63, 3.8) is 0 Å². The van der Waals surface area contributed by atoms with E-state index in [1.165, 1.54) is 0 Å². The highest BCUT2D eigenvalue weighted by molar-refractivity contribution is 6.15. The first-order valence-corrected chi connectivity index (χ1v) is 8.85. The van der Waals surface area contributed by atoms with Gasteiger partial charge in [-0.05, 0) is 0 Å². The molecule has 29 heavy (non-hydrogen) atoms. The molecule has 6 nitrogen and oxygen atoms in total. The van der Waals surface area contributed by atoms with Crippen LogP contribution < -0.4 is 4.84 Å². The molecule has 0 amide bonds. The summed E-state index contributed by atoms with van der Waals surface area (Å²) in [7, 11) is 0. The molecule has 0 bridgehead atoms. The van der Waals surface area contributed by atoms with Gasteiger partial charge in [-0.3, -0.25) is 9.63 Å². The topological polar surface area (TPSA) is 82.6 Å². The van der Waals surface area contributed by atoms with E-state index in [1.54, 1.807) is 78.9 Å². The Morgan fingerprint density at radius 2 is 1.24 bits per heavy atom. The molecule has 142 valence electrons. The normalized spacial score (nSPS) is 10.5. The fraction of sp³-hybridized carbons (Fsp3) is 0. The lowest BCUT2D eigenvalue weighted by Gasteiger charge is -2.05. The molecule has 0 saturated heterocycles. The van der Waals surface area contributed by atoms with E-state index in [-0.39, 0.29) is 22.8 Å². The third-order valence-corrected chi connectivity index (χ3v) is 4.37. The second-order valence-corrected chi connectivity index (χ2v) is 6.21. The second-order valence-electron chi connectivity index (χ2n) is 6.21. The van der Waals surface area contributed by atoms with Gasteiger partial charge in [0, 0.05) is 16.7 Å². The van der Waals surface area contributed by atoms with Gasteiger partial charge in [0.05, 0.1) is 5.56 Å². The molecule has 0 atom stereocenters. The van der Waals surface area contributed by atoms with Gasteiger partial charge >= 0.3 is 0 Å². The molecule has 1 heterocycles. The zero-order valence-electron chi connectivity index (χ0n) is 15.1. The van der Waals surface area contributed by atoms with Crippen molar-refractivity contribution in [3.05, 3.63) is 112 Å². The molecule has 0 aliphatic heterocycles. The molecule has 0 saturated carbocycles. The maximum Gasteiger partial charge on any atom is 0.299 e. The molecular weight excluding hydrogens is 370 g/mol. The first-order valence-electron chi connectivity index (χ1n) is 8.85. The van der Waals surface area contributed by atoms with Crippen molar-refractivity contribution in [1.82, 2.24) is 0 Å². The molecule has 3 aromatic carbocycles. The molecule has 1 aromatic heterocycles. The minimum absolute atomic E-state index is 0.0120. The van der Waals surface area contributed by atoms with Gasteiger partial charge in [-0.2, -0.15) is 0 Å². The maximum absolute atomic E-state index is 13.3. The summed E-state index contributed by atoms with van der Waals surface area (Å²) in [5.74, 6) is -0.295. The van der Waals surface area contributed by atoms with E-state index >= 15 is 0 Å². The van der Waals surface area contributed by atoms with E-state index in [2.05, 4.69) is 0 Å². The van der Waals surface area contributed by atoms with E-state index in [9.17, 15) is 14.9 Å². The number of carbonyl (C=O) groups is 1. The van der Waals surface area contributed by atoms with Crippen LogP contribution in [0.4, 0.5) is 0 Å². The number of benzene rings is 3.